The number of benzene rings is 1. The van der Waals surface area contributed by atoms with Crippen LogP contribution < -0.4 is 11.1 Å². The average Bonchev–Trinajstić information content (AvgIpc) is 2.26. The van der Waals surface area contributed by atoms with Gasteiger partial charge in [0.2, 0.25) is 5.91 Å². The Bertz CT molecular complexity index is 375. The van der Waals surface area contributed by atoms with Crippen LogP contribution in [0.1, 0.15) is 25.3 Å². The summed E-state index contributed by atoms with van der Waals surface area (Å²) in [6.07, 6.45) is 0.675. The number of halogens is 1. The first-order valence-corrected chi connectivity index (χ1v) is 5.28. The molecule has 1 rings (SSSR count). The molecular formula is C12H17FN2O. The standard InChI is InChI=1S/C12H17FN2O/c1-3-12(15-2,8-11(14)16)9-6-4-5-7-10(9)13/h4-7,15H,3,8H2,1-2H3,(H2,14,16). The minimum absolute atomic E-state index is 0.0843. The maximum atomic E-state index is 13.7. The predicted molar refractivity (Wildman–Crippen MR) is 61.2 cm³/mol. The lowest BCUT2D eigenvalue weighted by Gasteiger charge is -2.32. The molecule has 1 atom stereocenters. The monoisotopic (exact) mass is 224 g/mol. The summed E-state index contributed by atoms with van der Waals surface area (Å²) >= 11 is 0. The molecule has 88 valence electrons. The molecule has 0 saturated heterocycles. The van der Waals surface area contributed by atoms with Gasteiger partial charge < -0.3 is 11.1 Å². The van der Waals surface area contributed by atoms with Gasteiger partial charge in [0.25, 0.3) is 0 Å². The molecule has 1 amide bonds. The van der Waals surface area contributed by atoms with Crippen molar-refractivity contribution in [1.29, 1.82) is 0 Å². The van der Waals surface area contributed by atoms with Crippen molar-refractivity contribution in [2.45, 2.75) is 25.3 Å². The van der Waals surface area contributed by atoms with E-state index in [9.17, 15) is 9.18 Å². The third-order valence-corrected chi connectivity index (χ3v) is 2.95. The van der Waals surface area contributed by atoms with Crippen LogP contribution in [0.4, 0.5) is 4.39 Å². The van der Waals surface area contributed by atoms with Gasteiger partial charge in [-0.15, -0.1) is 0 Å². The first kappa shape index (κ1) is 12.6. The van der Waals surface area contributed by atoms with Crippen LogP contribution >= 0.6 is 0 Å². The van der Waals surface area contributed by atoms with Crippen molar-refractivity contribution in [3.05, 3.63) is 35.6 Å². The minimum atomic E-state index is -0.711. The molecule has 0 aliphatic heterocycles. The Morgan fingerprint density at radius 1 is 1.50 bits per heavy atom. The maximum Gasteiger partial charge on any atom is 0.219 e. The van der Waals surface area contributed by atoms with Gasteiger partial charge in [-0.2, -0.15) is 0 Å². The minimum Gasteiger partial charge on any atom is -0.370 e. The number of primary amides is 1. The Kier molecular flexibility index (Phi) is 4.01. The second-order valence-electron chi connectivity index (χ2n) is 3.81. The molecule has 4 heteroatoms. The molecular weight excluding hydrogens is 207 g/mol. The van der Waals surface area contributed by atoms with Gasteiger partial charge in [0.15, 0.2) is 0 Å². The van der Waals surface area contributed by atoms with Gasteiger partial charge in [0.1, 0.15) is 5.82 Å². The number of hydrogen-bond acceptors (Lipinski definition) is 2. The molecule has 3 N–H and O–H groups in total. The molecule has 3 nitrogen and oxygen atoms in total. The number of carbonyl (C=O) groups excluding carboxylic acids is 1. The van der Waals surface area contributed by atoms with Crippen molar-refractivity contribution in [2.24, 2.45) is 5.73 Å². The first-order chi connectivity index (χ1) is 7.55. The summed E-state index contributed by atoms with van der Waals surface area (Å²) in [6, 6.07) is 6.44. The summed E-state index contributed by atoms with van der Waals surface area (Å²) in [4.78, 5) is 11.1. The maximum absolute atomic E-state index is 13.7. The van der Waals surface area contributed by atoms with Crippen molar-refractivity contribution in [2.75, 3.05) is 7.05 Å². The number of hydrogen-bond donors (Lipinski definition) is 2. The van der Waals surface area contributed by atoms with Gasteiger partial charge in [-0.05, 0) is 19.5 Å². The van der Waals surface area contributed by atoms with E-state index in [-0.39, 0.29) is 12.2 Å². The third kappa shape index (κ3) is 2.39. The van der Waals surface area contributed by atoms with Gasteiger partial charge in [-0.1, -0.05) is 25.1 Å². The smallest absolute Gasteiger partial charge is 0.219 e. The highest BCUT2D eigenvalue weighted by Gasteiger charge is 2.32. The molecule has 0 aliphatic carbocycles. The molecule has 0 saturated carbocycles. The quantitative estimate of drug-likeness (QED) is 0.796. The molecule has 0 fully saturated rings. The van der Waals surface area contributed by atoms with Crippen molar-refractivity contribution in [3.63, 3.8) is 0 Å². The second-order valence-corrected chi connectivity index (χ2v) is 3.81. The van der Waals surface area contributed by atoms with E-state index in [1.54, 1.807) is 25.2 Å². The average molecular weight is 224 g/mol. The zero-order chi connectivity index (χ0) is 12.2. The first-order valence-electron chi connectivity index (χ1n) is 5.28. The van der Waals surface area contributed by atoms with Crippen LogP contribution in [-0.2, 0) is 10.3 Å². The van der Waals surface area contributed by atoms with Gasteiger partial charge in [-0.25, -0.2) is 4.39 Å². The fraction of sp³-hybridized carbons (Fsp3) is 0.417. The molecule has 0 bridgehead atoms. The van der Waals surface area contributed by atoms with Crippen molar-refractivity contribution in [1.82, 2.24) is 5.32 Å². The highest BCUT2D eigenvalue weighted by Crippen LogP contribution is 2.30. The van der Waals surface area contributed by atoms with Gasteiger partial charge in [-0.3, -0.25) is 4.79 Å². The summed E-state index contributed by atoms with van der Waals surface area (Å²) in [5, 5.41) is 3.01. The SMILES string of the molecule is CCC(CC(N)=O)(NC)c1ccccc1F. The molecule has 1 unspecified atom stereocenters. The lowest BCUT2D eigenvalue weighted by Crippen LogP contribution is -2.43. The molecule has 1 aromatic carbocycles. The van der Waals surface area contributed by atoms with E-state index in [1.807, 2.05) is 6.92 Å². The van der Waals surface area contributed by atoms with Crippen molar-refractivity contribution in [3.8, 4) is 0 Å². The normalized spacial score (nSPS) is 14.4. The highest BCUT2D eigenvalue weighted by atomic mass is 19.1. The molecule has 1 aromatic rings. The third-order valence-electron chi connectivity index (χ3n) is 2.95. The molecule has 0 radical (unpaired) electrons. The summed E-state index contributed by atoms with van der Waals surface area (Å²) < 4.78 is 13.7. The van der Waals surface area contributed by atoms with Crippen molar-refractivity contribution < 1.29 is 9.18 Å². The van der Waals surface area contributed by atoms with E-state index < -0.39 is 11.4 Å². The fourth-order valence-corrected chi connectivity index (χ4v) is 1.96. The summed E-state index contributed by atoms with van der Waals surface area (Å²) in [7, 11) is 1.71. The Balaban J connectivity index is 3.20. The summed E-state index contributed by atoms with van der Waals surface area (Å²) in [5.41, 5.74) is 4.99. The van der Waals surface area contributed by atoms with E-state index >= 15 is 0 Å². The second kappa shape index (κ2) is 5.07. The predicted octanol–water partition coefficient (Wildman–Crippen LogP) is 1.53. The van der Waals surface area contributed by atoms with Crippen molar-refractivity contribution >= 4 is 5.91 Å². The Morgan fingerprint density at radius 3 is 2.56 bits per heavy atom. The van der Waals surface area contributed by atoms with E-state index in [4.69, 9.17) is 5.73 Å². The molecule has 0 spiro atoms. The van der Waals surface area contributed by atoms with Crippen LogP contribution in [0.3, 0.4) is 0 Å². The largest absolute Gasteiger partial charge is 0.370 e. The number of carbonyl (C=O) groups is 1. The van der Waals surface area contributed by atoms with Crippen LogP contribution in [0.2, 0.25) is 0 Å². The van der Waals surface area contributed by atoms with Crippen LogP contribution in [-0.4, -0.2) is 13.0 Å². The fourth-order valence-electron chi connectivity index (χ4n) is 1.96. The van der Waals surface area contributed by atoms with E-state index in [2.05, 4.69) is 5.32 Å². The number of rotatable bonds is 5. The Morgan fingerprint density at radius 2 is 2.12 bits per heavy atom. The van der Waals surface area contributed by atoms with Crippen LogP contribution in [0.15, 0.2) is 24.3 Å². The van der Waals surface area contributed by atoms with E-state index in [0.29, 0.717) is 12.0 Å². The van der Waals surface area contributed by atoms with Crippen LogP contribution in [0, 0.1) is 5.82 Å². The topological polar surface area (TPSA) is 55.1 Å². The molecule has 0 aliphatic rings. The summed E-state index contributed by atoms with van der Waals surface area (Å²) in [5.74, 6) is -0.764. The zero-order valence-electron chi connectivity index (χ0n) is 9.59. The molecule has 16 heavy (non-hydrogen) atoms. The lowest BCUT2D eigenvalue weighted by atomic mass is 9.83. The number of nitrogens with one attached hydrogen (secondary N) is 1. The van der Waals surface area contributed by atoms with E-state index in [1.165, 1.54) is 6.07 Å². The summed E-state index contributed by atoms with van der Waals surface area (Å²) in [6.45, 7) is 1.89. The van der Waals surface area contributed by atoms with Gasteiger partial charge in [0.05, 0.1) is 5.54 Å². The van der Waals surface area contributed by atoms with Crippen LogP contribution in [0.5, 0.6) is 0 Å². The number of nitrogens with two attached hydrogens (primary N) is 1. The van der Waals surface area contributed by atoms with Gasteiger partial charge >= 0.3 is 0 Å². The molecule has 0 aromatic heterocycles. The lowest BCUT2D eigenvalue weighted by molar-refractivity contribution is -0.119. The molecule has 0 heterocycles. The zero-order valence-corrected chi connectivity index (χ0v) is 9.59. The Hall–Kier alpha value is -1.42. The van der Waals surface area contributed by atoms with E-state index in [0.717, 1.165) is 0 Å². The van der Waals surface area contributed by atoms with Gasteiger partial charge in [0, 0.05) is 12.0 Å². The van der Waals surface area contributed by atoms with Crippen LogP contribution in [0.25, 0.3) is 0 Å². The Labute approximate surface area is 94.8 Å². The number of amides is 1. The highest BCUT2D eigenvalue weighted by molar-refractivity contribution is 5.75.